The molecule has 3 aromatic rings. The number of nitrogen functional groups attached to an aromatic ring is 1. The molecule has 8 nitrogen and oxygen atoms in total. The summed E-state index contributed by atoms with van der Waals surface area (Å²) in [6.07, 6.45) is 11.2. The Bertz CT molecular complexity index is 1500. The van der Waals surface area contributed by atoms with Crippen molar-refractivity contribution in [2.75, 3.05) is 18.2 Å². The van der Waals surface area contributed by atoms with E-state index in [-0.39, 0.29) is 0 Å². The van der Waals surface area contributed by atoms with E-state index in [9.17, 15) is 0 Å². The highest BCUT2D eigenvalue weighted by Crippen LogP contribution is 2.38. The van der Waals surface area contributed by atoms with Gasteiger partial charge in [-0.3, -0.25) is 0 Å². The summed E-state index contributed by atoms with van der Waals surface area (Å²) in [5.41, 5.74) is 12.6. The molecule has 5 N–H and O–H groups in total. The van der Waals surface area contributed by atoms with E-state index in [0.717, 1.165) is 59.5 Å². The van der Waals surface area contributed by atoms with E-state index < -0.39 is 0 Å². The SMILES string of the molecule is C/C=C(/C)O/C(=C/CC)NC(=C1CCC1)c1ccc(-n2cc(C)c(Nc3ccc(N)c(C=N)c3Cl)n2)cc1OC. The Morgan fingerprint density at radius 3 is 2.65 bits per heavy atom. The highest BCUT2D eigenvalue weighted by molar-refractivity contribution is 6.36. The molecule has 2 aromatic carbocycles. The van der Waals surface area contributed by atoms with Gasteiger partial charge in [-0.1, -0.05) is 18.5 Å². The molecule has 0 saturated heterocycles. The third-order valence-corrected chi connectivity index (χ3v) is 7.26. The fourth-order valence-corrected chi connectivity index (χ4v) is 4.61. The van der Waals surface area contributed by atoms with Crippen molar-refractivity contribution in [1.82, 2.24) is 15.1 Å². The number of hydrogen-bond acceptors (Lipinski definition) is 7. The third-order valence-electron chi connectivity index (χ3n) is 6.85. The van der Waals surface area contributed by atoms with Gasteiger partial charge in [-0.25, -0.2) is 4.68 Å². The summed E-state index contributed by atoms with van der Waals surface area (Å²) < 4.78 is 13.7. The average Bonchev–Trinajstić information content (AvgIpc) is 3.28. The summed E-state index contributed by atoms with van der Waals surface area (Å²) in [6, 6.07) is 9.58. The zero-order valence-electron chi connectivity index (χ0n) is 23.7. The first-order valence-corrected chi connectivity index (χ1v) is 13.8. The van der Waals surface area contributed by atoms with Crippen molar-refractivity contribution >= 4 is 40.7 Å². The van der Waals surface area contributed by atoms with Gasteiger partial charge in [-0.15, -0.1) is 5.10 Å². The predicted octanol–water partition coefficient (Wildman–Crippen LogP) is 7.84. The maximum atomic E-state index is 7.62. The van der Waals surface area contributed by atoms with Gasteiger partial charge in [0.25, 0.3) is 0 Å². The van der Waals surface area contributed by atoms with Crippen LogP contribution < -0.4 is 21.1 Å². The second kappa shape index (κ2) is 12.8. The minimum Gasteiger partial charge on any atom is -0.496 e. The Hall–Kier alpha value is -4.17. The summed E-state index contributed by atoms with van der Waals surface area (Å²) in [6.45, 7) is 7.96. The maximum Gasteiger partial charge on any atom is 0.193 e. The lowest BCUT2D eigenvalue weighted by molar-refractivity contribution is 0.286. The molecular formula is C31H37ClN6O2. The second-order valence-corrected chi connectivity index (χ2v) is 10.0. The van der Waals surface area contributed by atoms with Crippen molar-refractivity contribution in [3.05, 3.63) is 87.6 Å². The molecule has 40 heavy (non-hydrogen) atoms. The molecule has 1 fully saturated rings. The second-order valence-electron chi connectivity index (χ2n) is 9.62. The van der Waals surface area contributed by atoms with Crippen molar-refractivity contribution in [3.63, 3.8) is 0 Å². The zero-order chi connectivity index (χ0) is 28.8. The summed E-state index contributed by atoms with van der Waals surface area (Å²) in [4.78, 5) is 0. The van der Waals surface area contributed by atoms with Gasteiger partial charge in [-0.05, 0) is 88.4 Å². The maximum absolute atomic E-state index is 7.62. The molecule has 0 unspecified atom stereocenters. The lowest BCUT2D eigenvalue weighted by Gasteiger charge is -2.26. The number of nitrogens with two attached hydrogens (primary N) is 1. The lowest BCUT2D eigenvalue weighted by Crippen LogP contribution is -2.19. The normalized spacial score (nSPS) is 13.5. The number of hydrogen-bond donors (Lipinski definition) is 4. The van der Waals surface area contributed by atoms with Crippen molar-refractivity contribution in [2.45, 2.75) is 53.4 Å². The highest BCUT2D eigenvalue weighted by Gasteiger charge is 2.21. The number of benzene rings is 2. The number of ether oxygens (including phenoxy) is 2. The molecule has 0 radical (unpaired) electrons. The fraction of sp³-hybridized carbons (Fsp3) is 0.290. The summed E-state index contributed by atoms with van der Waals surface area (Å²) in [7, 11) is 1.68. The first kappa shape index (κ1) is 28.8. The number of nitrogens with one attached hydrogen (secondary N) is 3. The molecule has 0 amide bonds. The van der Waals surface area contributed by atoms with Gasteiger partial charge in [0.15, 0.2) is 11.7 Å². The van der Waals surface area contributed by atoms with Crippen molar-refractivity contribution < 1.29 is 9.47 Å². The van der Waals surface area contributed by atoms with Gasteiger partial charge in [0.2, 0.25) is 0 Å². The van der Waals surface area contributed by atoms with Gasteiger partial charge in [0.05, 0.1) is 35.0 Å². The Labute approximate surface area is 241 Å². The molecule has 210 valence electrons. The molecule has 0 spiro atoms. The van der Waals surface area contributed by atoms with E-state index in [1.165, 1.54) is 12.0 Å². The van der Waals surface area contributed by atoms with E-state index in [1.807, 2.05) is 51.3 Å². The van der Waals surface area contributed by atoms with E-state index >= 15 is 0 Å². The summed E-state index contributed by atoms with van der Waals surface area (Å²) >= 11 is 6.49. The largest absolute Gasteiger partial charge is 0.496 e. The number of allylic oxidation sites excluding steroid dienone is 4. The van der Waals surface area contributed by atoms with Crippen LogP contribution in [0.5, 0.6) is 5.75 Å². The van der Waals surface area contributed by atoms with E-state index in [1.54, 1.807) is 23.9 Å². The number of anilines is 3. The predicted molar refractivity (Wildman–Crippen MR) is 165 cm³/mol. The first-order chi connectivity index (χ1) is 19.3. The van der Waals surface area contributed by atoms with E-state index in [0.29, 0.717) is 33.7 Å². The molecule has 9 heteroatoms. The molecular weight excluding hydrogens is 524 g/mol. The fourth-order valence-electron chi connectivity index (χ4n) is 4.33. The standard InChI is InChI=1S/C31H37ClN6O2/c1-6-9-28(40-20(4)7-2)36-30(21-10-8-11-21)23-13-12-22(16-27(23)39-5)38-18-19(3)31(37-38)35-26-15-14-25(34)24(17-33)29(26)32/h7,9,12-18,33,36H,6,8,10-11,34H2,1-5H3,(H,35,37)/b20-7-,28-9+,33-17?. The van der Waals surface area contributed by atoms with E-state index in [2.05, 4.69) is 23.6 Å². The Kier molecular flexibility index (Phi) is 9.22. The molecule has 1 saturated carbocycles. The van der Waals surface area contributed by atoms with Gasteiger partial charge < -0.3 is 31.3 Å². The number of aromatic nitrogens is 2. The average molecular weight is 561 g/mol. The van der Waals surface area contributed by atoms with Gasteiger partial charge in [0.1, 0.15) is 5.75 Å². The first-order valence-electron chi connectivity index (χ1n) is 13.4. The third kappa shape index (κ3) is 6.18. The number of halogens is 1. The van der Waals surface area contributed by atoms with Crippen LogP contribution in [-0.4, -0.2) is 23.1 Å². The minimum absolute atomic E-state index is 0.379. The molecule has 1 aliphatic carbocycles. The molecule has 0 aliphatic heterocycles. The monoisotopic (exact) mass is 560 g/mol. The van der Waals surface area contributed by atoms with Gasteiger partial charge in [0, 0.05) is 40.9 Å². The van der Waals surface area contributed by atoms with Crippen molar-refractivity contribution in [1.29, 1.82) is 5.41 Å². The zero-order valence-corrected chi connectivity index (χ0v) is 24.4. The van der Waals surface area contributed by atoms with Crippen LogP contribution in [0.2, 0.25) is 5.02 Å². The van der Waals surface area contributed by atoms with Crippen LogP contribution in [0.1, 0.15) is 63.1 Å². The van der Waals surface area contributed by atoms with Crippen LogP contribution in [-0.2, 0) is 4.74 Å². The van der Waals surface area contributed by atoms with Crippen LogP contribution in [0.25, 0.3) is 11.4 Å². The number of methoxy groups -OCH3 is 1. The number of aryl methyl sites for hydroxylation is 1. The van der Waals surface area contributed by atoms with Crippen LogP contribution in [0.4, 0.5) is 17.2 Å². The van der Waals surface area contributed by atoms with Crippen molar-refractivity contribution in [2.24, 2.45) is 0 Å². The highest BCUT2D eigenvalue weighted by atomic mass is 35.5. The topological polar surface area (TPSA) is 110 Å². The van der Waals surface area contributed by atoms with Crippen molar-refractivity contribution in [3.8, 4) is 11.4 Å². The Morgan fingerprint density at radius 1 is 1.25 bits per heavy atom. The van der Waals surface area contributed by atoms with Crippen LogP contribution in [0, 0.1) is 12.3 Å². The molecule has 1 aromatic heterocycles. The lowest BCUT2D eigenvalue weighted by atomic mass is 9.88. The molecule has 0 bridgehead atoms. The minimum atomic E-state index is 0.379. The number of nitrogens with zero attached hydrogens (tertiary/aromatic N) is 2. The van der Waals surface area contributed by atoms with Crippen LogP contribution >= 0.6 is 11.6 Å². The Balaban J connectivity index is 1.66. The Morgan fingerprint density at radius 2 is 2.02 bits per heavy atom. The summed E-state index contributed by atoms with van der Waals surface area (Å²) in [5.74, 6) is 2.93. The van der Waals surface area contributed by atoms with E-state index in [4.69, 9.17) is 37.3 Å². The molecule has 1 heterocycles. The van der Waals surface area contributed by atoms with Crippen LogP contribution in [0.3, 0.4) is 0 Å². The summed E-state index contributed by atoms with van der Waals surface area (Å²) in [5, 5.41) is 19.6. The molecule has 4 rings (SSSR count). The molecule has 1 aliphatic rings. The van der Waals surface area contributed by atoms with Crippen LogP contribution in [0.15, 0.2) is 65.9 Å². The van der Waals surface area contributed by atoms with Gasteiger partial charge >= 0.3 is 0 Å². The quantitative estimate of drug-likeness (QED) is 0.108. The van der Waals surface area contributed by atoms with Gasteiger partial charge in [-0.2, -0.15) is 0 Å². The smallest absolute Gasteiger partial charge is 0.193 e. The number of rotatable bonds is 11. The molecule has 0 atom stereocenters.